The van der Waals surface area contributed by atoms with E-state index in [-0.39, 0.29) is 12.8 Å². The van der Waals surface area contributed by atoms with Gasteiger partial charge in [-0.25, -0.2) is 0 Å². The zero-order valence-corrected chi connectivity index (χ0v) is 8.24. The first-order valence-corrected chi connectivity index (χ1v) is 4.45. The van der Waals surface area contributed by atoms with Crippen molar-refractivity contribution in [1.29, 1.82) is 0 Å². The largest absolute Gasteiger partial charge is 0.493 e. The summed E-state index contributed by atoms with van der Waals surface area (Å²) in [4.78, 5) is 0. The van der Waals surface area contributed by atoms with Gasteiger partial charge in [0.15, 0.2) is 11.5 Å². The highest BCUT2D eigenvalue weighted by Crippen LogP contribution is 2.42. The Hall–Kier alpha value is -1.42. The van der Waals surface area contributed by atoms with Gasteiger partial charge in [-0.2, -0.15) is 0 Å². The smallest absolute Gasteiger partial charge is 0.231 e. The van der Waals surface area contributed by atoms with Crippen LogP contribution in [0.2, 0.25) is 0 Å². The lowest BCUT2D eigenvalue weighted by Gasteiger charge is -2.10. The number of hydrogen-bond donors (Lipinski definition) is 1. The number of benzene rings is 1. The molecule has 1 aliphatic rings. The molecule has 1 aromatic carbocycles. The average molecular weight is 195 g/mol. The summed E-state index contributed by atoms with van der Waals surface area (Å²) in [5.41, 5.74) is 6.76. The van der Waals surface area contributed by atoms with E-state index < -0.39 is 0 Å². The van der Waals surface area contributed by atoms with Gasteiger partial charge in [0.25, 0.3) is 0 Å². The molecule has 0 radical (unpaired) electrons. The van der Waals surface area contributed by atoms with Crippen LogP contribution in [0.15, 0.2) is 12.1 Å². The van der Waals surface area contributed by atoms with Gasteiger partial charge in [0.05, 0.1) is 7.11 Å². The molecule has 1 aromatic rings. The second-order valence-corrected chi connectivity index (χ2v) is 3.25. The van der Waals surface area contributed by atoms with Crippen LogP contribution in [-0.2, 0) is 0 Å². The lowest BCUT2D eigenvalue weighted by Crippen LogP contribution is -2.05. The molecule has 4 nitrogen and oxygen atoms in total. The maximum absolute atomic E-state index is 5.78. The fraction of sp³-hybridized carbons (Fsp3) is 0.400. The molecule has 1 heterocycles. The zero-order valence-electron chi connectivity index (χ0n) is 8.24. The summed E-state index contributed by atoms with van der Waals surface area (Å²) >= 11 is 0. The molecule has 4 heteroatoms. The number of ether oxygens (including phenoxy) is 3. The van der Waals surface area contributed by atoms with Gasteiger partial charge in [-0.05, 0) is 24.6 Å². The molecule has 0 unspecified atom stereocenters. The maximum Gasteiger partial charge on any atom is 0.231 e. The number of fused-ring (bicyclic) bond motifs is 1. The van der Waals surface area contributed by atoms with Gasteiger partial charge in [0.1, 0.15) is 0 Å². The molecule has 0 aromatic heterocycles. The minimum atomic E-state index is -0.0431. The predicted octanol–water partition coefficient (Wildman–Crippen LogP) is 1.44. The van der Waals surface area contributed by atoms with Gasteiger partial charge in [0, 0.05) is 6.04 Å². The standard InChI is InChI=1S/C10H13NO3/c1-6(11)7-3-8(12-2)10-9(4-7)13-5-14-10/h3-4,6H,5,11H2,1-2H3/t6-/m0/s1. The summed E-state index contributed by atoms with van der Waals surface area (Å²) in [6, 6.07) is 3.71. The van der Waals surface area contributed by atoms with Crippen LogP contribution in [0, 0.1) is 0 Å². The Labute approximate surface area is 82.6 Å². The molecular formula is C10H13NO3. The van der Waals surface area contributed by atoms with E-state index in [1.54, 1.807) is 7.11 Å². The SMILES string of the molecule is COc1cc([C@H](C)N)cc2c1OCO2. The van der Waals surface area contributed by atoms with Crippen LogP contribution in [-0.4, -0.2) is 13.9 Å². The molecule has 1 atom stereocenters. The molecule has 2 rings (SSSR count). The van der Waals surface area contributed by atoms with Crippen LogP contribution in [0.4, 0.5) is 0 Å². The normalized spacial score (nSPS) is 15.4. The molecule has 2 N–H and O–H groups in total. The Morgan fingerprint density at radius 2 is 2.21 bits per heavy atom. The van der Waals surface area contributed by atoms with E-state index in [2.05, 4.69) is 0 Å². The van der Waals surface area contributed by atoms with E-state index in [1.165, 1.54) is 0 Å². The van der Waals surface area contributed by atoms with Crippen molar-refractivity contribution in [3.8, 4) is 17.2 Å². The van der Waals surface area contributed by atoms with Crippen molar-refractivity contribution in [3.05, 3.63) is 17.7 Å². The van der Waals surface area contributed by atoms with Gasteiger partial charge in [-0.15, -0.1) is 0 Å². The highest BCUT2D eigenvalue weighted by Gasteiger charge is 2.20. The second kappa shape index (κ2) is 3.38. The lowest BCUT2D eigenvalue weighted by molar-refractivity contribution is 0.171. The third-order valence-corrected chi connectivity index (χ3v) is 2.21. The van der Waals surface area contributed by atoms with E-state index in [0.29, 0.717) is 17.2 Å². The molecule has 0 saturated carbocycles. The molecule has 0 fully saturated rings. The van der Waals surface area contributed by atoms with Gasteiger partial charge >= 0.3 is 0 Å². The molecule has 0 bridgehead atoms. The van der Waals surface area contributed by atoms with Crippen molar-refractivity contribution >= 4 is 0 Å². The Balaban J connectivity index is 2.49. The van der Waals surface area contributed by atoms with E-state index in [4.69, 9.17) is 19.9 Å². The van der Waals surface area contributed by atoms with Crippen molar-refractivity contribution < 1.29 is 14.2 Å². The van der Waals surface area contributed by atoms with Gasteiger partial charge < -0.3 is 19.9 Å². The van der Waals surface area contributed by atoms with Crippen molar-refractivity contribution in [2.24, 2.45) is 5.73 Å². The minimum absolute atomic E-state index is 0.0431. The number of hydrogen-bond acceptors (Lipinski definition) is 4. The number of nitrogens with two attached hydrogens (primary N) is 1. The second-order valence-electron chi connectivity index (χ2n) is 3.25. The Bertz CT molecular complexity index is 349. The van der Waals surface area contributed by atoms with E-state index in [9.17, 15) is 0 Å². The molecule has 14 heavy (non-hydrogen) atoms. The molecule has 1 aliphatic heterocycles. The van der Waals surface area contributed by atoms with Crippen LogP contribution < -0.4 is 19.9 Å². The fourth-order valence-corrected chi connectivity index (χ4v) is 1.41. The molecular weight excluding hydrogens is 182 g/mol. The first-order chi connectivity index (χ1) is 6.72. The van der Waals surface area contributed by atoms with Crippen molar-refractivity contribution in [1.82, 2.24) is 0 Å². The summed E-state index contributed by atoms with van der Waals surface area (Å²) in [6.45, 7) is 2.16. The number of rotatable bonds is 2. The van der Waals surface area contributed by atoms with Crippen LogP contribution >= 0.6 is 0 Å². The third-order valence-electron chi connectivity index (χ3n) is 2.21. The summed E-state index contributed by atoms with van der Waals surface area (Å²) in [6.07, 6.45) is 0. The predicted molar refractivity (Wildman–Crippen MR) is 51.7 cm³/mol. The zero-order chi connectivity index (χ0) is 10.1. The topological polar surface area (TPSA) is 53.7 Å². The van der Waals surface area contributed by atoms with Gasteiger partial charge in [-0.1, -0.05) is 0 Å². The third kappa shape index (κ3) is 1.37. The Morgan fingerprint density at radius 1 is 1.43 bits per heavy atom. The summed E-state index contributed by atoms with van der Waals surface area (Å²) in [5, 5.41) is 0. The van der Waals surface area contributed by atoms with Crippen molar-refractivity contribution in [2.45, 2.75) is 13.0 Å². The minimum Gasteiger partial charge on any atom is -0.493 e. The first-order valence-electron chi connectivity index (χ1n) is 4.45. The van der Waals surface area contributed by atoms with Crippen LogP contribution in [0.25, 0.3) is 0 Å². The summed E-state index contributed by atoms with van der Waals surface area (Å²) in [5.74, 6) is 2.04. The van der Waals surface area contributed by atoms with Gasteiger partial charge in [0.2, 0.25) is 12.5 Å². The molecule has 0 amide bonds. The van der Waals surface area contributed by atoms with Crippen LogP contribution in [0.5, 0.6) is 17.2 Å². The van der Waals surface area contributed by atoms with E-state index in [0.717, 1.165) is 5.56 Å². The van der Waals surface area contributed by atoms with Crippen molar-refractivity contribution in [3.63, 3.8) is 0 Å². The fourth-order valence-electron chi connectivity index (χ4n) is 1.41. The Kier molecular flexibility index (Phi) is 2.21. The Morgan fingerprint density at radius 3 is 2.86 bits per heavy atom. The van der Waals surface area contributed by atoms with Gasteiger partial charge in [-0.3, -0.25) is 0 Å². The highest BCUT2D eigenvalue weighted by molar-refractivity contribution is 5.55. The average Bonchev–Trinajstić information content (AvgIpc) is 2.63. The van der Waals surface area contributed by atoms with E-state index in [1.807, 2.05) is 19.1 Å². The molecule has 0 saturated heterocycles. The molecule has 0 aliphatic carbocycles. The quantitative estimate of drug-likeness (QED) is 0.775. The molecule has 0 spiro atoms. The monoisotopic (exact) mass is 195 g/mol. The first kappa shape index (κ1) is 9.15. The molecule has 76 valence electrons. The van der Waals surface area contributed by atoms with Crippen LogP contribution in [0.1, 0.15) is 18.5 Å². The van der Waals surface area contributed by atoms with Crippen molar-refractivity contribution in [2.75, 3.05) is 13.9 Å². The lowest BCUT2D eigenvalue weighted by atomic mass is 10.1. The summed E-state index contributed by atoms with van der Waals surface area (Å²) < 4.78 is 15.7. The van der Waals surface area contributed by atoms with Crippen LogP contribution in [0.3, 0.4) is 0 Å². The highest BCUT2D eigenvalue weighted by atomic mass is 16.7. The number of methoxy groups -OCH3 is 1. The maximum atomic E-state index is 5.78. The van der Waals surface area contributed by atoms with E-state index >= 15 is 0 Å². The summed E-state index contributed by atoms with van der Waals surface area (Å²) in [7, 11) is 1.60.